The molecule has 19 heavy (non-hydrogen) atoms. The monoisotopic (exact) mass is 262 g/mol. The average Bonchev–Trinajstić information content (AvgIpc) is 3.21. The van der Waals surface area contributed by atoms with Gasteiger partial charge in [0.15, 0.2) is 11.5 Å². The Bertz CT molecular complexity index is 512. The van der Waals surface area contributed by atoms with Crippen LogP contribution in [0, 0.1) is 5.92 Å². The molecule has 0 atom stereocenters. The third-order valence-corrected chi connectivity index (χ3v) is 3.63. The number of carbonyl (C=O) groups is 1. The Labute approximate surface area is 112 Å². The standard InChI is InChI=1S/C14H18N2O3/c1-18-12-5-10-11(6-13(12)19-2)16(7-9-3-4-9)8-14(17)15-10/h5-6,9H,3-4,7-8H2,1-2H3,(H,15,17). The first kappa shape index (κ1) is 12.1. The maximum Gasteiger partial charge on any atom is 0.243 e. The predicted molar refractivity (Wildman–Crippen MR) is 73.1 cm³/mol. The molecule has 0 unspecified atom stereocenters. The third-order valence-electron chi connectivity index (χ3n) is 3.63. The van der Waals surface area contributed by atoms with Gasteiger partial charge in [0.05, 0.1) is 32.1 Å². The molecule has 1 amide bonds. The molecule has 0 radical (unpaired) electrons. The highest BCUT2D eigenvalue weighted by atomic mass is 16.5. The summed E-state index contributed by atoms with van der Waals surface area (Å²) in [5.74, 6) is 2.08. The zero-order valence-corrected chi connectivity index (χ0v) is 11.2. The predicted octanol–water partition coefficient (Wildman–Crippen LogP) is 1.87. The van der Waals surface area contributed by atoms with Crippen molar-refractivity contribution >= 4 is 17.3 Å². The lowest BCUT2D eigenvalue weighted by molar-refractivity contribution is -0.115. The van der Waals surface area contributed by atoms with Crippen molar-refractivity contribution in [2.24, 2.45) is 5.92 Å². The van der Waals surface area contributed by atoms with E-state index in [4.69, 9.17) is 9.47 Å². The van der Waals surface area contributed by atoms with Crippen molar-refractivity contribution in [1.82, 2.24) is 0 Å². The van der Waals surface area contributed by atoms with Crippen LogP contribution in [0.2, 0.25) is 0 Å². The van der Waals surface area contributed by atoms with E-state index in [1.54, 1.807) is 14.2 Å². The van der Waals surface area contributed by atoms with E-state index in [-0.39, 0.29) is 5.91 Å². The summed E-state index contributed by atoms with van der Waals surface area (Å²) in [6.07, 6.45) is 2.53. The van der Waals surface area contributed by atoms with Crippen molar-refractivity contribution in [1.29, 1.82) is 0 Å². The first-order chi connectivity index (χ1) is 9.21. The molecule has 3 rings (SSSR count). The highest BCUT2D eigenvalue weighted by molar-refractivity contribution is 6.01. The summed E-state index contributed by atoms with van der Waals surface area (Å²) in [5, 5.41) is 2.89. The molecule has 102 valence electrons. The van der Waals surface area contributed by atoms with Crippen molar-refractivity contribution in [2.75, 3.05) is 37.5 Å². The molecule has 1 saturated carbocycles. The summed E-state index contributed by atoms with van der Waals surface area (Å²) in [4.78, 5) is 13.9. The molecule has 2 aliphatic rings. The summed E-state index contributed by atoms with van der Waals surface area (Å²) < 4.78 is 10.6. The maximum atomic E-state index is 11.8. The van der Waals surface area contributed by atoms with Gasteiger partial charge >= 0.3 is 0 Å². The second-order valence-corrected chi connectivity index (χ2v) is 5.10. The Morgan fingerprint density at radius 3 is 2.58 bits per heavy atom. The Balaban J connectivity index is 1.98. The topological polar surface area (TPSA) is 50.8 Å². The van der Waals surface area contributed by atoms with Crippen LogP contribution in [0.25, 0.3) is 0 Å². The van der Waals surface area contributed by atoms with Gasteiger partial charge in [-0.1, -0.05) is 0 Å². The molecule has 0 saturated heterocycles. The van der Waals surface area contributed by atoms with Gasteiger partial charge in [-0.3, -0.25) is 4.79 Å². The van der Waals surface area contributed by atoms with Gasteiger partial charge in [0.2, 0.25) is 5.91 Å². The van der Waals surface area contributed by atoms with E-state index in [1.807, 2.05) is 12.1 Å². The number of benzene rings is 1. The van der Waals surface area contributed by atoms with E-state index < -0.39 is 0 Å². The normalized spacial score (nSPS) is 17.8. The van der Waals surface area contributed by atoms with Crippen molar-refractivity contribution in [3.8, 4) is 11.5 Å². The lowest BCUT2D eigenvalue weighted by Crippen LogP contribution is -2.39. The van der Waals surface area contributed by atoms with Crippen LogP contribution in [-0.2, 0) is 4.79 Å². The number of anilines is 2. The van der Waals surface area contributed by atoms with Crippen LogP contribution >= 0.6 is 0 Å². The molecular weight excluding hydrogens is 244 g/mol. The molecule has 1 aliphatic heterocycles. The van der Waals surface area contributed by atoms with Gasteiger partial charge in [0, 0.05) is 18.7 Å². The van der Waals surface area contributed by atoms with Crippen molar-refractivity contribution < 1.29 is 14.3 Å². The quantitative estimate of drug-likeness (QED) is 0.900. The number of rotatable bonds is 4. The van der Waals surface area contributed by atoms with Crippen molar-refractivity contribution in [2.45, 2.75) is 12.8 Å². The van der Waals surface area contributed by atoms with Crippen LogP contribution in [0.3, 0.4) is 0 Å². The molecule has 1 fully saturated rings. The van der Waals surface area contributed by atoms with Crippen LogP contribution in [0.15, 0.2) is 12.1 Å². The lowest BCUT2D eigenvalue weighted by Gasteiger charge is -2.31. The van der Waals surface area contributed by atoms with Gasteiger partial charge < -0.3 is 19.7 Å². The Kier molecular flexibility index (Phi) is 2.97. The molecule has 1 aromatic rings. The number of fused-ring (bicyclic) bond motifs is 1. The van der Waals surface area contributed by atoms with E-state index in [9.17, 15) is 4.79 Å². The Morgan fingerprint density at radius 2 is 1.95 bits per heavy atom. The van der Waals surface area contributed by atoms with E-state index >= 15 is 0 Å². The van der Waals surface area contributed by atoms with Crippen LogP contribution in [-0.4, -0.2) is 33.2 Å². The summed E-state index contributed by atoms with van der Waals surface area (Å²) in [6.45, 7) is 1.36. The summed E-state index contributed by atoms with van der Waals surface area (Å²) in [7, 11) is 3.22. The Hall–Kier alpha value is -1.91. The average molecular weight is 262 g/mol. The highest BCUT2D eigenvalue weighted by Gasteiger charge is 2.30. The van der Waals surface area contributed by atoms with Gasteiger partial charge in [-0.15, -0.1) is 0 Å². The van der Waals surface area contributed by atoms with E-state index in [1.165, 1.54) is 12.8 Å². The number of methoxy groups -OCH3 is 2. The molecule has 5 nitrogen and oxygen atoms in total. The summed E-state index contributed by atoms with van der Waals surface area (Å²) in [6, 6.07) is 3.76. The number of carbonyl (C=O) groups excluding carboxylic acids is 1. The summed E-state index contributed by atoms with van der Waals surface area (Å²) in [5.41, 5.74) is 1.82. The number of nitrogens with zero attached hydrogens (tertiary/aromatic N) is 1. The fraction of sp³-hybridized carbons (Fsp3) is 0.500. The number of amides is 1. The minimum Gasteiger partial charge on any atom is -0.493 e. The molecule has 1 heterocycles. The second kappa shape index (κ2) is 4.64. The molecule has 1 aromatic carbocycles. The number of ether oxygens (including phenoxy) is 2. The van der Waals surface area contributed by atoms with Gasteiger partial charge in [-0.2, -0.15) is 0 Å². The first-order valence-electron chi connectivity index (χ1n) is 6.52. The fourth-order valence-corrected chi connectivity index (χ4v) is 2.45. The van der Waals surface area contributed by atoms with Gasteiger partial charge in [0.25, 0.3) is 0 Å². The maximum absolute atomic E-state index is 11.8. The third kappa shape index (κ3) is 2.32. The zero-order chi connectivity index (χ0) is 13.4. The smallest absolute Gasteiger partial charge is 0.243 e. The largest absolute Gasteiger partial charge is 0.493 e. The minimum atomic E-state index is 0.0281. The van der Waals surface area contributed by atoms with Gasteiger partial charge in [-0.25, -0.2) is 0 Å². The van der Waals surface area contributed by atoms with Crippen LogP contribution in [0.4, 0.5) is 11.4 Å². The van der Waals surface area contributed by atoms with E-state index in [2.05, 4.69) is 10.2 Å². The summed E-state index contributed by atoms with van der Waals surface area (Å²) >= 11 is 0. The molecule has 0 bridgehead atoms. The number of hydrogen-bond acceptors (Lipinski definition) is 4. The molecule has 5 heteroatoms. The molecule has 0 aromatic heterocycles. The number of hydrogen-bond donors (Lipinski definition) is 1. The van der Waals surface area contributed by atoms with Crippen LogP contribution in [0.5, 0.6) is 11.5 Å². The van der Waals surface area contributed by atoms with Crippen LogP contribution < -0.4 is 19.7 Å². The molecular formula is C14H18N2O3. The Morgan fingerprint density at radius 1 is 1.26 bits per heavy atom. The molecule has 1 aliphatic carbocycles. The van der Waals surface area contributed by atoms with E-state index in [0.717, 1.165) is 23.8 Å². The highest BCUT2D eigenvalue weighted by Crippen LogP contribution is 2.41. The molecule has 1 N–H and O–H groups in total. The van der Waals surface area contributed by atoms with Gasteiger partial charge in [-0.05, 0) is 18.8 Å². The SMILES string of the molecule is COc1cc2c(cc1OC)N(CC1CC1)CC(=O)N2. The zero-order valence-electron chi connectivity index (χ0n) is 11.2. The minimum absolute atomic E-state index is 0.0281. The van der Waals surface area contributed by atoms with Crippen molar-refractivity contribution in [3.05, 3.63) is 12.1 Å². The van der Waals surface area contributed by atoms with E-state index in [0.29, 0.717) is 18.0 Å². The second-order valence-electron chi connectivity index (χ2n) is 5.10. The lowest BCUT2D eigenvalue weighted by atomic mass is 10.1. The number of nitrogens with one attached hydrogen (secondary N) is 1. The fourth-order valence-electron chi connectivity index (χ4n) is 2.45. The molecule has 0 spiro atoms. The van der Waals surface area contributed by atoms with Crippen LogP contribution in [0.1, 0.15) is 12.8 Å². The first-order valence-corrected chi connectivity index (χ1v) is 6.52. The van der Waals surface area contributed by atoms with Gasteiger partial charge in [0.1, 0.15) is 0 Å². The van der Waals surface area contributed by atoms with Crippen molar-refractivity contribution in [3.63, 3.8) is 0 Å².